The van der Waals surface area contributed by atoms with Crippen LogP contribution < -0.4 is 0 Å². The highest BCUT2D eigenvalue weighted by molar-refractivity contribution is 14.1. The van der Waals surface area contributed by atoms with Crippen molar-refractivity contribution in [1.82, 2.24) is 4.57 Å². The molecule has 0 unspecified atom stereocenters. The van der Waals surface area contributed by atoms with Gasteiger partial charge < -0.3 is 4.57 Å². The first kappa shape index (κ1) is 15.1. The van der Waals surface area contributed by atoms with E-state index < -0.39 is 0 Å². The molecule has 2 heteroatoms. The highest BCUT2D eigenvalue weighted by Crippen LogP contribution is 2.10. The molecule has 0 aliphatic heterocycles. The molecule has 98 valence electrons. The van der Waals surface area contributed by atoms with Crippen molar-refractivity contribution in [2.75, 3.05) is 4.43 Å². The van der Waals surface area contributed by atoms with Gasteiger partial charge in [-0.3, -0.25) is 0 Å². The van der Waals surface area contributed by atoms with Crippen molar-refractivity contribution in [2.45, 2.75) is 64.3 Å². The molecule has 1 aromatic rings. The molecule has 1 heterocycles. The number of hydrogen-bond donors (Lipinski definition) is 0. The van der Waals surface area contributed by atoms with Crippen LogP contribution in [0.1, 0.15) is 57.8 Å². The van der Waals surface area contributed by atoms with Crippen molar-refractivity contribution in [3.8, 4) is 0 Å². The van der Waals surface area contributed by atoms with Gasteiger partial charge >= 0.3 is 0 Å². The van der Waals surface area contributed by atoms with Crippen LogP contribution in [0, 0.1) is 0 Å². The monoisotopic (exact) mass is 347 g/mol. The average molecular weight is 347 g/mol. The van der Waals surface area contributed by atoms with Crippen LogP contribution in [0.5, 0.6) is 0 Å². The van der Waals surface area contributed by atoms with Gasteiger partial charge in [-0.1, -0.05) is 67.5 Å². The summed E-state index contributed by atoms with van der Waals surface area (Å²) in [5, 5.41) is 0. The van der Waals surface area contributed by atoms with Gasteiger partial charge in [0.1, 0.15) is 0 Å². The van der Waals surface area contributed by atoms with E-state index in [1.807, 2.05) is 0 Å². The van der Waals surface area contributed by atoms with Crippen LogP contribution in [0.3, 0.4) is 0 Å². The quantitative estimate of drug-likeness (QED) is 0.286. The third-order valence-corrected chi connectivity index (χ3v) is 3.98. The van der Waals surface area contributed by atoms with Gasteiger partial charge in [0, 0.05) is 18.9 Å². The van der Waals surface area contributed by atoms with Gasteiger partial charge in [-0.2, -0.15) is 0 Å². The van der Waals surface area contributed by atoms with Gasteiger partial charge in [-0.25, -0.2) is 0 Å². The normalized spacial score (nSPS) is 10.9. The third-order valence-electron chi connectivity index (χ3n) is 3.22. The number of alkyl halides is 1. The Balaban J connectivity index is 1.76. The fourth-order valence-corrected chi connectivity index (χ4v) is 2.68. The lowest BCUT2D eigenvalue weighted by atomic mass is 10.1. The first-order chi connectivity index (χ1) is 8.43. The molecule has 0 N–H and O–H groups in total. The maximum atomic E-state index is 2.47. The van der Waals surface area contributed by atoms with E-state index in [4.69, 9.17) is 0 Å². The number of hydrogen-bond acceptors (Lipinski definition) is 0. The van der Waals surface area contributed by atoms with Gasteiger partial charge in [0.05, 0.1) is 0 Å². The minimum atomic E-state index is 1.20. The molecule has 1 rings (SSSR count). The summed E-state index contributed by atoms with van der Waals surface area (Å²) in [5.41, 5.74) is 0. The van der Waals surface area contributed by atoms with Crippen molar-refractivity contribution in [1.29, 1.82) is 0 Å². The van der Waals surface area contributed by atoms with Gasteiger partial charge in [0.2, 0.25) is 0 Å². The summed E-state index contributed by atoms with van der Waals surface area (Å²) in [6.45, 7) is 1.20. The highest BCUT2D eigenvalue weighted by atomic mass is 127. The number of nitrogens with zero attached hydrogens (tertiary/aromatic N) is 1. The topological polar surface area (TPSA) is 4.93 Å². The Morgan fingerprint density at radius 1 is 0.647 bits per heavy atom. The van der Waals surface area contributed by atoms with Crippen LogP contribution in [0.2, 0.25) is 0 Å². The summed E-state index contributed by atoms with van der Waals surface area (Å²) in [6, 6.07) is 4.21. The van der Waals surface area contributed by atoms with Crippen molar-refractivity contribution in [2.24, 2.45) is 0 Å². The second-order valence-electron chi connectivity index (χ2n) is 4.79. The first-order valence-corrected chi connectivity index (χ1v) is 8.63. The second-order valence-corrected chi connectivity index (χ2v) is 5.87. The Bertz CT molecular complexity index is 243. The molecule has 0 saturated carbocycles. The first-order valence-electron chi connectivity index (χ1n) is 7.10. The summed E-state index contributed by atoms with van der Waals surface area (Å²) in [4.78, 5) is 0. The van der Waals surface area contributed by atoms with Crippen LogP contribution in [0.4, 0.5) is 0 Å². The standard InChI is InChI=1S/C15H26IN/c16-12-8-6-4-2-1-3-5-7-9-13-17-14-10-11-15-17/h10-11,14-15H,1-9,12-13H2. The van der Waals surface area contributed by atoms with Gasteiger partial charge in [-0.15, -0.1) is 0 Å². The smallest absolute Gasteiger partial charge is 0.0219 e. The number of aromatic nitrogens is 1. The molecule has 0 aliphatic rings. The molecule has 0 radical (unpaired) electrons. The summed E-state index contributed by atoms with van der Waals surface area (Å²) in [7, 11) is 0. The second kappa shape index (κ2) is 11.1. The molecule has 1 aromatic heterocycles. The molecule has 0 aromatic carbocycles. The predicted octanol–water partition coefficient (Wildman–Crippen LogP) is 5.43. The Kier molecular flexibility index (Phi) is 9.86. The minimum absolute atomic E-state index is 1.20. The van der Waals surface area contributed by atoms with Crippen molar-refractivity contribution in [3.05, 3.63) is 24.5 Å². The molecule has 17 heavy (non-hydrogen) atoms. The average Bonchev–Trinajstić information content (AvgIpc) is 2.85. The van der Waals surface area contributed by atoms with E-state index in [0.29, 0.717) is 0 Å². The maximum absolute atomic E-state index is 2.47. The molecular weight excluding hydrogens is 321 g/mol. The zero-order valence-corrected chi connectivity index (χ0v) is 13.1. The lowest BCUT2D eigenvalue weighted by molar-refractivity contribution is 0.540. The molecule has 0 atom stereocenters. The lowest BCUT2D eigenvalue weighted by Crippen LogP contribution is -1.93. The van der Waals surface area contributed by atoms with Crippen LogP contribution in [-0.4, -0.2) is 8.99 Å². The number of unbranched alkanes of at least 4 members (excludes halogenated alkanes) is 8. The van der Waals surface area contributed by atoms with Crippen LogP contribution in [0.25, 0.3) is 0 Å². The minimum Gasteiger partial charge on any atom is -0.354 e. The van der Waals surface area contributed by atoms with E-state index >= 15 is 0 Å². The van der Waals surface area contributed by atoms with Crippen LogP contribution in [-0.2, 0) is 6.54 Å². The SMILES string of the molecule is ICCCCCCCCCCCn1cccc1. The Labute approximate surface area is 120 Å². The Morgan fingerprint density at radius 2 is 1.12 bits per heavy atom. The highest BCUT2D eigenvalue weighted by Gasteiger charge is 1.93. The third kappa shape index (κ3) is 8.70. The lowest BCUT2D eigenvalue weighted by Gasteiger charge is -2.03. The van der Waals surface area contributed by atoms with E-state index in [-0.39, 0.29) is 0 Å². The fraction of sp³-hybridized carbons (Fsp3) is 0.733. The van der Waals surface area contributed by atoms with Crippen molar-refractivity contribution in [3.63, 3.8) is 0 Å². The Hall–Kier alpha value is 0.0100. The molecule has 0 aliphatic carbocycles. The molecule has 1 nitrogen and oxygen atoms in total. The van der Waals surface area contributed by atoms with E-state index in [1.54, 1.807) is 0 Å². The van der Waals surface area contributed by atoms with Gasteiger partial charge in [-0.05, 0) is 29.4 Å². The molecule has 0 saturated heterocycles. The Morgan fingerprint density at radius 3 is 1.65 bits per heavy atom. The molecule has 0 amide bonds. The largest absolute Gasteiger partial charge is 0.354 e. The van der Waals surface area contributed by atoms with Crippen molar-refractivity contribution < 1.29 is 0 Å². The van der Waals surface area contributed by atoms with E-state index in [2.05, 4.69) is 51.7 Å². The molecule has 0 bridgehead atoms. The number of aryl methyl sites for hydroxylation is 1. The van der Waals surface area contributed by atoms with Crippen LogP contribution in [0.15, 0.2) is 24.5 Å². The van der Waals surface area contributed by atoms with E-state index in [1.165, 1.54) is 68.8 Å². The zero-order valence-electron chi connectivity index (χ0n) is 10.9. The maximum Gasteiger partial charge on any atom is 0.0219 e. The molecular formula is C15H26IN. The van der Waals surface area contributed by atoms with Gasteiger partial charge in [0.15, 0.2) is 0 Å². The van der Waals surface area contributed by atoms with Crippen molar-refractivity contribution >= 4 is 22.6 Å². The van der Waals surface area contributed by atoms with E-state index in [0.717, 1.165) is 0 Å². The summed E-state index contributed by atoms with van der Waals surface area (Å²) < 4.78 is 3.61. The summed E-state index contributed by atoms with van der Waals surface area (Å²) in [5.74, 6) is 0. The molecule has 0 fully saturated rings. The number of rotatable bonds is 11. The van der Waals surface area contributed by atoms with Gasteiger partial charge in [0.25, 0.3) is 0 Å². The fourth-order valence-electron chi connectivity index (χ4n) is 2.15. The van der Waals surface area contributed by atoms with E-state index in [9.17, 15) is 0 Å². The molecule has 0 spiro atoms. The van der Waals surface area contributed by atoms with Crippen LogP contribution >= 0.6 is 22.6 Å². The summed E-state index contributed by atoms with van der Waals surface area (Å²) >= 11 is 2.47. The zero-order chi connectivity index (χ0) is 12.2. The predicted molar refractivity (Wildman–Crippen MR) is 84.9 cm³/mol. The number of halogens is 1. The summed E-state index contributed by atoms with van der Waals surface area (Å²) in [6.07, 6.45) is 17.1.